The highest BCUT2D eigenvalue weighted by molar-refractivity contribution is 5.80. The first-order chi connectivity index (χ1) is 12.8. The molecule has 2 atom stereocenters. The highest BCUT2D eigenvalue weighted by Gasteiger charge is 2.15. The van der Waals surface area contributed by atoms with E-state index < -0.39 is 0 Å². The number of nitrogens with zero attached hydrogens (tertiary/aromatic N) is 4. The highest BCUT2D eigenvalue weighted by atomic mass is 15.3. The van der Waals surface area contributed by atoms with Crippen LogP contribution in [-0.2, 0) is 13.5 Å². The molecule has 6 nitrogen and oxygen atoms in total. The van der Waals surface area contributed by atoms with E-state index in [4.69, 9.17) is 0 Å². The van der Waals surface area contributed by atoms with Gasteiger partial charge in [-0.1, -0.05) is 18.2 Å². The van der Waals surface area contributed by atoms with Gasteiger partial charge >= 0.3 is 0 Å². The number of likely N-dealkylation sites (N-methyl/N-ethyl adjacent to an activating group) is 1. The molecule has 0 spiro atoms. The predicted molar refractivity (Wildman–Crippen MR) is 115 cm³/mol. The number of guanidine groups is 1. The number of aromatic nitrogens is 2. The summed E-state index contributed by atoms with van der Waals surface area (Å²) in [6.07, 6.45) is 0.922. The Morgan fingerprint density at radius 3 is 2.44 bits per heavy atom. The number of anilines is 1. The molecule has 0 aliphatic carbocycles. The molecule has 1 aromatic carbocycles. The first kappa shape index (κ1) is 20.8. The third-order valence-corrected chi connectivity index (χ3v) is 5.17. The number of nitrogens with one attached hydrogen (secondary N) is 2. The Morgan fingerprint density at radius 1 is 1.22 bits per heavy atom. The number of aryl methyl sites for hydroxylation is 2. The van der Waals surface area contributed by atoms with Crippen molar-refractivity contribution in [1.82, 2.24) is 20.4 Å². The molecule has 27 heavy (non-hydrogen) atoms. The molecule has 0 aliphatic heterocycles. The molecule has 0 saturated carbocycles. The van der Waals surface area contributed by atoms with Crippen molar-refractivity contribution in [3.63, 3.8) is 0 Å². The zero-order chi connectivity index (χ0) is 20.0. The molecule has 2 aromatic rings. The van der Waals surface area contributed by atoms with Crippen LogP contribution in [0.4, 0.5) is 5.69 Å². The van der Waals surface area contributed by atoms with Crippen LogP contribution in [0.3, 0.4) is 0 Å². The molecule has 1 aromatic heterocycles. The van der Waals surface area contributed by atoms with E-state index in [9.17, 15) is 0 Å². The van der Waals surface area contributed by atoms with Crippen LogP contribution in [0.2, 0.25) is 0 Å². The molecule has 0 fully saturated rings. The van der Waals surface area contributed by atoms with Gasteiger partial charge in [0.25, 0.3) is 0 Å². The van der Waals surface area contributed by atoms with Gasteiger partial charge in [0.1, 0.15) is 0 Å². The molecular formula is C21H34N6. The number of rotatable bonds is 7. The number of hydrogen-bond donors (Lipinski definition) is 2. The zero-order valence-electron chi connectivity index (χ0n) is 17.7. The molecule has 0 amide bonds. The summed E-state index contributed by atoms with van der Waals surface area (Å²) in [7, 11) is 5.93. The minimum Gasteiger partial charge on any atom is -0.370 e. The van der Waals surface area contributed by atoms with Gasteiger partial charge in [0.05, 0.1) is 5.69 Å². The third kappa shape index (κ3) is 5.49. The van der Waals surface area contributed by atoms with Crippen molar-refractivity contribution in [3.05, 3.63) is 47.3 Å². The van der Waals surface area contributed by atoms with Crippen molar-refractivity contribution in [1.29, 1.82) is 0 Å². The first-order valence-corrected chi connectivity index (χ1v) is 9.57. The van der Waals surface area contributed by atoms with Crippen molar-refractivity contribution >= 4 is 11.6 Å². The lowest BCUT2D eigenvalue weighted by molar-refractivity contribution is 0.611. The summed E-state index contributed by atoms with van der Waals surface area (Å²) in [5.41, 5.74) is 4.85. The standard InChI is InChI=1S/C21H34N6/c1-15(13-20-17(3)25-27(7)18(20)4)24-21(22-5)23-14-16(2)26(6)19-11-9-8-10-12-19/h8-12,15-16H,13-14H2,1-7H3,(H2,22,23,24). The number of aliphatic imine (C=N–C) groups is 1. The number of hydrogen-bond acceptors (Lipinski definition) is 3. The second-order valence-corrected chi connectivity index (χ2v) is 7.27. The molecule has 0 radical (unpaired) electrons. The lowest BCUT2D eigenvalue weighted by atomic mass is 10.1. The van der Waals surface area contributed by atoms with Crippen molar-refractivity contribution in [2.45, 2.75) is 46.2 Å². The van der Waals surface area contributed by atoms with E-state index in [1.54, 1.807) is 0 Å². The van der Waals surface area contributed by atoms with Crippen molar-refractivity contribution in [3.8, 4) is 0 Å². The summed E-state index contributed by atoms with van der Waals surface area (Å²) in [4.78, 5) is 6.65. The summed E-state index contributed by atoms with van der Waals surface area (Å²) >= 11 is 0. The van der Waals surface area contributed by atoms with Crippen LogP contribution < -0.4 is 15.5 Å². The average molecular weight is 371 g/mol. The van der Waals surface area contributed by atoms with E-state index in [1.165, 1.54) is 16.9 Å². The van der Waals surface area contributed by atoms with Crippen LogP contribution in [0.5, 0.6) is 0 Å². The molecule has 1 heterocycles. The maximum Gasteiger partial charge on any atom is 0.191 e. The fourth-order valence-electron chi connectivity index (χ4n) is 3.20. The molecular weight excluding hydrogens is 336 g/mol. The van der Waals surface area contributed by atoms with Crippen LogP contribution in [0.25, 0.3) is 0 Å². The smallest absolute Gasteiger partial charge is 0.191 e. The van der Waals surface area contributed by atoms with Gasteiger partial charge in [0.2, 0.25) is 0 Å². The Hall–Kier alpha value is -2.50. The maximum absolute atomic E-state index is 4.51. The van der Waals surface area contributed by atoms with Crippen LogP contribution in [0.1, 0.15) is 30.8 Å². The Labute approximate surface area is 163 Å². The Balaban J connectivity index is 1.88. The van der Waals surface area contributed by atoms with Crippen LogP contribution in [0.15, 0.2) is 35.3 Å². The van der Waals surface area contributed by atoms with E-state index in [-0.39, 0.29) is 6.04 Å². The Kier molecular flexibility index (Phi) is 7.28. The van der Waals surface area contributed by atoms with Gasteiger partial charge in [-0.3, -0.25) is 9.67 Å². The molecule has 0 saturated heterocycles. The lowest BCUT2D eigenvalue weighted by Gasteiger charge is -2.28. The molecule has 2 unspecified atom stereocenters. The predicted octanol–water partition coefficient (Wildman–Crippen LogP) is 2.66. The minimum atomic E-state index is 0.264. The van der Waals surface area contributed by atoms with Gasteiger partial charge in [0, 0.05) is 51.2 Å². The van der Waals surface area contributed by atoms with Crippen LogP contribution in [-0.4, -0.2) is 48.5 Å². The Morgan fingerprint density at radius 2 is 1.89 bits per heavy atom. The van der Waals surface area contributed by atoms with Gasteiger partial charge in [0.15, 0.2) is 5.96 Å². The fourth-order valence-corrected chi connectivity index (χ4v) is 3.20. The zero-order valence-corrected chi connectivity index (χ0v) is 17.7. The second kappa shape index (κ2) is 9.44. The molecule has 2 rings (SSSR count). The van der Waals surface area contributed by atoms with E-state index in [0.717, 1.165) is 24.6 Å². The van der Waals surface area contributed by atoms with Crippen LogP contribution >= 0.6 is 0 Å². The van der Waals surface area contributed by atoms with Gasteiger partial charge in [-0.25, -0.2) is 0 Å². The average Bonchev–Trinajstić information content (AvgIpc) is 2.90. The second-order valence-electron chi connectivity index (χ2n) is 7.27. The van der Waals surface area contributed by atoms with E-state index >= 15 is 0 Å². The number of benzene rings is 1. The summed E-state index contributed by atoms with van der Waals surface area (Å²) in [6.45, 7) is 9.39. The first-order valence-electron chi connectivity index (χ1n) is 9.57. The maximum atomic E-state index is 4.51. The SMILES string of the molecule is CN=C(NCC(C)N(C)c1ccccc1)NC(C)Cc1c(C)nn(C)c1C. The van der Waals surface area contributed by atoms with Gasteiger partial charge < -0.3 is 15.5 Å². The Bertz CT molecular complexity index is 750. The van der Waals surface area contributed by atoms with E-state index in [2.05, 4.69) is 84.6 Å². The summed E-state index contributed by atoms with van der Waals surface area (Å²) in [6, 6.07) is 11.0. The van der Waals surface area contributed by atoms with Gasteiger partial charge in [-0.2, -0.15) is 5.10 Å². The molecule has 6 heteroatoms. The normalized spacial score (nSPS) is 14.0. The quantitative estimate of drug-likeness (QED) is 0.581. The van der Waals surface area contributed by atoms with Gasteiger partial charge in [-0.15, -0.1) is 0 Å². The van der Waals surface area contributed by atoms with E-state index in [1.807, 2.05) is 24.8 Å². The molecule has 0 aliphatic rings. The monoisotopic (exact) mass is 370 g/mol. The van der Waals surface area contributed by atoms with Crippen molar-refractivity contribution < 1.29 is 0 Å². The topological polar surface area (TPSA) is 57.5 Å². The van der Waals surface area contributed by atoms with Crippen molar-refractivity contribution in [2.24, 2.45) is 12.0 Å². The number of para-hydroxylation sites is 1. The van der Waals surface area contributed by atoms with Crippen LogP contribution in [0, 0.1) is 13.8 Å². The lowest BCUT2D eigenvalue weighted by Crippen LogP contribution is -2.47. The summed E-state index contributed by atoms with van der Waals surface area (Å²) < 4.78 is 1.95. The van der Waals surface area contributed by atoms with Gasteiger partial charge in [-0.05, 0) is 51.8 Å². The largest absolute Gasteiger partial charge is 0.370 e. The van der Waals surface area contributed by atoms with Crippen molar-refractivity contribution in [2.75, 3.05) is 25.5 Å². The molecule has 148 valence electrons. The third-order valence-electron chi connectivity index (χ3n) is 5.17. The molecule has 2 N–H and O–H groups in total. The summed E-state index contributed by atoms with van der Waals surface area (Å²) in [5.74, 6) is 0.829. The van der Waals surface area contributed by atoms with E-state index in [0.29, 0.717) is 6.04 Å². The summed E-state index contributed by atoms with van der Waals surface area (Å²) in [5, 5.41) is 11.5. The fraction of sp³-hybridized carbons (Fsp3) is 0.524. The minimum absolute atomic E-state index is 0.264. The highest BCUT2D eigenvalue weighted by Crippen LogP contribution is 2.15. The molecule has 0 bridgehead atoms.